The van der Waals surface area contributed by atoms with Gasteiger partial charge in [-0.3, -0.25) is 0 Å². The van der Waals surface area contributed by atoms with Gasteiger partial charge in [0.1, 0.15) is 5.60 Å². The Morgan fingerprint density at radius 2 is 1.91 bits per heavy atom. The summed E-state index contributed by atoms with van der Waals surface area (Å²) in [6, 6.07) is 11.0. The summed E-state index contributed by atoms with van der Waals surface area (Å²) in [5, 5.41) is 6.67. The molecule has 4 nitrogen and oxygen atoms in total. The molecule has 4 heteroatoms. The summed E-state index contributed by atoms with van der Waals surface area (Å²) < 4.78 is 5.38. The van der Waals surface area contributed by atoms with Crippen LogP contribution in [-0.2, 0) is 11.3 Å². The van der Waals surface area contributed by atoms with Gasteiger partial charge < -0.3 is 15.4 Å². The highest BCUT2D eigenvalue weighted by atomic mass is 16.6. The third-order valence-electron chi connectivity index (χ3n) is 4.34. The van der Waals surface area contributed by atoms with Crippen molar-refractivity contribution in [3.05, 3.63) is 35.9 Å². The van der Waals surface area contributed by atoms with E-state index in [1.54, 1.807) is 0 Å². The zero-order valence-corrected chi connectivity index (χ0v) is 14.8. The van der Waals surface area contributed by atoms with Crippen LogP contribution in [0.1, 0.15) is 52.5 Å². The lowest BCUT2D eigenvalue weighted by atomic mass is 9.83. The van der Waals surface area contributed by atoms with Gasteiger partial charge in [0, 0.05) is 18.6 Å². The summed E-state index contributed by atoms with van der Waals surface area (Å²) in [6.45, 7) is 8.75. The van der Waals surface area contributed by atoms with E-state index in [1.807, 2.05) is 26.8 Å². The van der Waals surface area contributed by atoms with Crippen LogP contribution < -0.4 is 10.6 Å². The Morgan fingerprint density at radius 3 is 2.57 bits per heavy atom. The summed E-state index contributed by atoms with van der Waals surface area (Å²) in [6.07, 6.45) is 2.92. The normalized spacial score (nSPS) is 25.0. The largest absolute Gasteiger partial charge is 0.444 e. The minimum atomic E-state index is -0.451. The van der Waals surface area contributed by atoms with E-state index in [0.717, 1.165) is 25.8 Å². The molecule has 0 aromatic heterocycles. The van der Waals surface area contributed by atoms with Crippen molar-refractivity contribution in [2.75, 3.05) is 0 Å². The van der Waals surface area contributed by atoms with Crippen LogP contribution in [0.5, 0.6) is 0 Å². The number of hydrogen-bond acceptors (Lipinski definition) is 3. The molecule has 0 radical (unpaired) electrons. The maximum atomic E-state index is 12.0. The Kier molecular flexibility index (Phi) is 6.05. The summed E-state index contributed by atoms with van der Waals surface area (Å²) in [4.78, 5) is 12.0. The predicted octanol–water partition coefficient (Wildman–Crippen LogP) is 3.86. The lowest BCUT2D eigenvalue weighted by Crippen LogP contribution is -2.49. The number of nitrogens with one attached hydrogen (secondary N) is 2. The fourth-order valence-corrected chi connectivity index (χ4v) is 3.03. The van der Waals surface area contributed by atoms with Crippen molar-refractivity contribution in [3.8, 4) is 0 Å². The van der Waals surface area contributed by atoms with Gasteiger partial charge in [-0.15, -0.1) is 0 Å². The molecule has 128 valence electrons. The molecule has 2 N–H and O–H groups in total. The van der Waals surface area contributed by atoms with E-state index in [1.165, 1.54) is 5.56 Å². The predicted molar refractivity (Wildman–Crippen MR) is 93.2 cm³/mol. The second-order valence-electron chi connectivity index (χ2n) is 7.61. The van der Waals surface area contributed by atoms with Crippen molar-refractivity contribution < 1.29 is 9.53 Å². The molecular formula is C19H30N2O2. The Morgan fingerprint density at radius 1 is 1.22 bits per heavy atom. The first-order chi connectivity index (χ1) is 10.8. The van der Waals surface area contributed by atoms with Crippen molar-refractivity contribution in [1.29, 1.82) is 0 Å². The zero-order chi connectivity index (χ0) is 16.9. The van der Waals surface area contributed by atoms with Gasteiger partial charge in [0.25, 0.3) is 0 Å². The van der Waals surface area contributed by atoms with E-state index in [0.29, 0.717) is 12.0 Å². The maximum Gasteiger partial charge on any atom is 0.407 e. The standard InChI is InChI=1S/C19H30N2O2/c1-14-10-11-16(20-13-15-8-6-5-7-9-15)12-17(14)21-18(22)23-19(2,3)4/h5-9,14,16-17,20H,10-13H2,1-4H3,(H,21,22). The molecule has 1 amide bonds. The highest BCUT2D eigenvalue weighted by Gasteiger charge is 2.30. The third kappa shape index (κ3) is 6.22. The topological polar surface area (TPSA) is 50.4 Å². The van der Waals surface area contributed by atoms with Crippen molar-refractivity contribution in [2.24, 2.45) is 5.92 Å². The summed E-state index contributed by atoms with van der Waals surface area (Å²) in [5.41, 5.74) is 0.843. The Labute approximate surface area is 140 Å². The zero-order valence-electron chi connectivity index (χ0n) is 14.8. The van der Waals surface area contributed by atoms with Gasteiger partial charge in [0.05, 0.1) is 0 Å². The van der Waals surface area contributed by atoms with Crippen LogP contribution >= 0.6 is 0 Å². The molecule has 0 aliphatic heterocycles. The molecule has 23 heavy (non-hydrogen) atoms. The number of carbonyl (C=O) groups is 1. The first-order valence-corrected chi connectivity index (χ1v) is 8.60. The van der Waals surface area contributed by atoms with Crippen molar-refractivity contribution in [1.82, 2.24) is 10.6 Å². The third-order valence-corrected chi connectivity index (χ3v) is 4.34. The monoisotopic (exact) mass is 318 g/mol. The molecule has 0 spiro atoms. The molecule has 1 aromatic rings. The fourth-order valence-electron chi connectivity index (χ4n) is 3.03. The lowest BCUT2D eigenvalue weighted by Gasteiger charge is -2.35. The van der Waals surface area contributed by atoms with Gasteiger partial charge in [-0.2, -0.15) is 0 Å². The smallest absolute Gasteiger partial charge is 0.407 e. The first-order valence-electron chi connectivity index (χ1n) is 8.60. The fraction of sp³-hybridized carbons (Fsp3) is 0.632. The number of ether oxygens (including phenoxy) is 1. The molecule has 0 bridgehead atoms. The van der Waals surface area contributed by atoms with E-state index < -0.39 is 5.60 Å². The molecule has 3 atom stereocenters. The van der Waals surface area contributed by atoms with Crippen LogP contribution in [0.15, 0.2) is 30.3 Å². The highest BCUT2D eigenvalue weighted by molar-refractivity contribution is 5.68. The second-order valence-corrected chi connectivity index (χ2v) is 7.61. The number of carbonyl (C=O) groups excluding carboxylic acids is 1. The molecule has 0 saturated heterocycles. The quantitative estimate of drug-likeness (QED) is 0.886. The average molecular weight is 318 g/mol. The number of amides is 1. The molecule has 1 aliphatic rings. The van der Waals surface area contributed by atoms with Crippen LogP contribution in [0, 0.1) is 5.92 Å². The molecule has 3 unspecified atom stereocenters. The van der Waals surface area contributed by atoms with Crippen LogP contribution in [0.4, 0.5) is 4.79 Å². The molecule has 1 aliphatic carbocycles. The van der Waals surface area contributed by atoms with Crippen LogP contribution in [0.3, 0.4) is 0 Å². The van der Waals surface area contributed by atoms with Crippen molar-refractivity contribution in [2.45, 2.75) is 71.2 Å². The number of alkyl carbamates (subject to hydrolysis) is 1. The van der Waals surface area contributed by atoms with Gasteiger partial charge in [0.15, 0.2) is 0 Å². The molecule has 1 saturated carbocycles. The second kappa shape index (κ2) is 7.82. The summed E-state index contributed by atoms with van der Waals surface area (Å²) >= 11 is 0. The van der Waals surface area contributed by atoms with E-state index in [-0.39, 0.29) is 12.1 Å². The lowest BCUT2D eigenvalue weighted by molar-refractivity contribution is 0.0465. The molecule has 2 rings (SSSR count). The minimum absolute atomic E-state index is 0.173. The average Bonchev–Trinajstić information content (AvgIpc) is 2.47. The number of benzene rings is 1. The van der Waals surface area contributed by atoms with Crippen molar-refractivity contribution in [3.63, 3.8) is 0 Å². The molecule has 1 aromatic carbocycles. The van der Waals surface area contributed by atoms with E-state index in [9.17, 15) is 4.79 Å². The van der Waals surface area contributed by atoms with Crippen LogP contribution in [-0.4, -0.2) is 23.8 Å². The Balaban J connectivity index is 1.82. The molecule has 1 fully saturated rings. The molecule has 0 heterocycles. The number of rotatable bonds is 4. The van der Waals surface area contributed by atoms with Gasteiger partial charge in [-0.25, -0.2) is 4.79 Å². The summed E-state index contributed by atoms with van der Waals surface area (Å²) in [5.74, 6) is 0.484. The van der Waals surface area contributed by atoms with E-state index >= 15 is 0 Å². The van der Waals surface area contributed by atoms with E-state index in [4.69, 9.17) is 4.74 Å². The maximum absolute atomic E-state index is 12.0. The van der Waals surface area contributed by atoms with Crippen molar-refractivity contribution >= 4 is 6.09 Å². The van der Waals surface area contributed by atoms with Crippen LogP contribution in [0.2, 0.25) is 0 Å². The van der Waals surface area contributed by atoms with Crippen LogP contribution in [0.25, 0.3) is 0 Å². The van der Waals surface area contributed by atoms with Gasteiger partial charge in [0.2, 0.25) is 0 Å². The number of hydrogen-bond donors (Lipinski definition) is 2. The van der Waals surface area contributed by atoms with E-state index in [2.05, 4.69) is 41.8 Å². The van der Waals surface area contributed by atoms with Gasteiger partial charge in [-0.05, 0) is 51.5 Å². The Hall–Kier alpha value is -1.55. The summed E-state index contributed by atoms with van der Waals surface area (Å²) in [7, 11) is 0. The minimum Gasteiger partial charge on any atom is -0.444 e. The van der Waals surface area contributed by atoms with Gasteiger partial charge in [-0.1, -0.05) is 37.3 Å². The highest BCUT2D eigenvalue weighted by Crippen LogP contribution is 2.25. The SMILES string of the molecule is CC1CCC(NCc2ccccc2)CC1NC(=O)OC(C)(C)C. The first kappa shape index (κ1) is 17.8. The van der Waals surface area contributed by atoms with Gasteiger partial charge >= 0.3 is 6.09 Å². The molecular weight excluding hydrogens is 288 g/mol. The Bertz CT molecular complexity index is 496.